The summed E-state index contributed by atoms with van der Waals surface area (Å²) in [4.78, 5) is 120. The first kappa shape index (κ1) is 49.4. The lowest BCUT2D eigenvalue weighted by Crippen LogP contribution is -2.56. The topological polar surface area (TPSA) is 347 Å². The number of amides is 8. The van der Waals surface area contributed by atoms with Crippen LogP contribution in [0.15, 0.2) is 78.3 Å². The molecule has 2 aromatic heterocycles. The lowest BCUT2D eigenvalue weighted by molar-refractivity contribution is -0.137. The number of guanidine groups is 1. The Morgan fingerprint density at radius 2 is 1.55 bits per heavy atom. The van der Waals surface area contributed by atoms with Crippen LogP contribution in [0.3, 0.4) is 0 Å². The molecule has 2 aromatic carbocycles. The number of unbranched alkanes of at least 4 members (excludes halogenated alkanes) is 1. The van der Waals surface area contributed by atoms with Crippen LogP contribution in [0.2, 0.25) is 0 Å². The van der Waals surface area contributed by atoms with E-state index >= 15 is 0 Å². The molecule has 66 heavy (non-hydrogen) atoms. The molecule has 0 aliphatic carbocycles. The van der Waals surface area contributed by atoms with E-state index in [4.69, 9.17) is 17.2 Å². The zero-order chi connectivity index (χ0) is 47.6. The number of nitrogens with zero attached hydrogens (tertiary/aromatic N) is 3. The van der Waals surface area contributed by atoms with Crippen molar-refractivity contribution in [2.24, 2.45) is 22.2 Å². The number of aldehydes is 1. The van der Waals surface area contributed by atoms with E-state index in [1.54, 1.807) is 37.5 Å². The fourth-order valence-electron chi connectivity index (χ4n) is 7.60. The van der Waals surface area contributed by atoms with Crippen LogP contribution in [-0.2, 0) is 52.8 Å². The number of urea groups is 1. The summed E-state index contributed by atoms with van der Waals surface area (Å²) in [7, 11) is 1.62. The number of rotatable bonds is 27. The minimum absolute atomic E-state index is 0.0613. The number of benzene rings is 2. The highest BCUT2D eigenvalue weighted by atomic mass is 16.2. The monoisotopic (exact) mass is 910 g/mol. The van der Waals surface area contributed by atoms with Crippen molar-refractivity contribution in [1.82, 2.24) is 51.8 Å². The zero-order valence-electron chi connectivity index (χ0n) is 36.6. The Morgan fingerprint density at radius 3 is 2.24 bits per heavy atom. The number of aliphatic imine (C=N–C) groups is 1. The SMILES string of the molecule is CNC(CCCN=C(N)N)C(=O)NC(Cc1c[nH]c2ccccc12)C(=O)NC(CCCCNC(=O)CC1NC(=O)N(C(Cc2cnc[nH]2)C(=O)NC(C=O)Cc2ccccc2)C1=O)C(N)=O. The number of nitrogens with one attached hydrogen (secondary N) is 8. The minimum Gasteiger partial charge on any atom is -0.370 e. The largest absolute Gasteiger partial charge is 0.370 e. The molecule has 6 atom stereocenters. The molecule has 1 aliphatic heterocycles. The summed E-state index contributed by atoms with van der Waals surface area (Å²) < 4.78 is 0. The van der Waals surface area contributed by atoms with Crippen LogP contribution in [0.25, 0.3) is 10.9 Å². The maximum Gasteiger partial charge on any atom is 0.325 e. The molecule has 1 saturated heterocycles. The number of hydrogen-bond acceptors (Lipinski definition) is 11. The first-order valence-corrected chi connectivity index (χ1v) is 21.6. The fraction of sp³-hybridized carbons (Fsp3) is 0.409. The van der Waals surface area contributed by atoms with Crippen molar-refractivity contribution in [3.05, 3.63) is 90.1 Å². The highest BCUT2D eigenvalue weighted by Crippen LogP contribution is 2.20. The Morgan fingerprint density at radius 1 is 0.833 bits per heavy atom. The molecule has 22 heteroatoms. The van der Waals surface area contributed by atoms with E-state index in [1.807, 2.05) is 30.3 Å². The van der Waals surface area contributed by atoms with Gasteiger partial charge in [0.2, 0.25) is 29.5 Å². The van der Waals surface area contributed by atoms with Crippen LogP contribution in [0, 0.1) is 0 Å². The van der Waals surface area contributed by atoms with Gasteiger partial charge in [-0.1, -0.05) is 48.5 Å². The Labute approximate surface area is 380 Å². The number of nitrogens with two attached hydrogens (primary N) is 3. The van der Waals surface area contributed by atoms with Gasteiger partial charge < -0.3 is 63.9 Å². The van der Waals surface area contributed by atoms with Gasteiger partial charge in [0.15, 0.2) is 5.96 Å². The number of fused-ring (bicyclic) bond motifs is 1. The number of likely N-dealkylation sites (N-methyl/N-ethyl adjacent to an activating group) is 1. The summed E-state index contributed by atoms with van der Waals surface area (Å²) in [6.45, 7) is 0.426. The second kappa shape index (κ2) is 24.4. The molecule has 14 N–H and O–H groups in total. The first-order valence-electron chi connectivity index (χ1n) is 21.6. The van der Waals surface area contributed by atoms with Crippen LogP contribution in [-0.4, -0.2) is 130 Å². The zero-order valence-corrected chi connectivity index (χ0v) is 36.6. The third kappa shape index (κ3) is 14.2. The van der Waals surface area contributed by atoms with Gasteiger partial charge in [0, 0.05) is 54.9 Å². The van der Waals surface area contributed by atoms with Crippen molar-refractivity contribution in [1.29, 1.82) is 0 Å². The van der Waals surface area contributed by atoms with Crippen LogP contribution in [0.5, 0.6) is 0 Å². The Hall–Kier alpha value is -7.62. The summed E-state index contributed by atoms with van der Waals surface area (Å²) >= 11 is 0. The van der Waals surface area contributed by atoms with E-state index in [-0.39, 0.29) is 38.2 Å². The number of aromatic amines is 2. The number of para-hydroxylation sites is 1. The Bertz CT molecular complexity index is 2330. The number of primary amides is 1. The fourth-order valence-corrected chi connectivity index (χ4v) is 7.60. The molecule has 22 nitrogen and oxygen atoms in total. The van der Waals surface area contributed by atoms with Crippen LogP contribution in [0.4, 0.5) is 4.79 Å². The molecule has 0 bridgehead atoms. The lowest BCUT2D eigenvalue weighted by Gasteiger charge is -2.25. The van der Waals surface area contributed by atoms with E-state index in [2.05, 4.69) is 51.8 Å². The van der Waals surface area contributed by atoms with Crippen molar-refractivity contribution in [2.45, 2.75) is 94.0 Å². The van der Waals surface area contributed by atoms with E-state index in [9.17, 15) is 38.4 Å². The van der Waals surface area contributed by atoms with Crippen LogP contribution in [0.1, 0.15) is 55.3 Å². The molecule has 5 rings (SSSR count). The Balaban J connectivity index is 1.14. The van der Waals surface area contributed by atoms with E-state index in [1.165, 1.54) is 12.5 Å². The molecule has 352 valence electrons. The molecular weight excluding hydrogens is 853 g/mol. The van der Waals surface area contributed by atoms with Gasteiger partial charge in [-0.15, -0.1) is 0 Å². The van der Waals surface area contributed by atoms with Crippen molar-refractivity contribution >= 4 is 64.6 Å². The van der Waals surface area contributed by atoms with Crippen LogP contribution < -0.4 is 49.1 Å². The van der Waals surface area contributed by atoms with Crippen molar-refractivity contribution in [2.75, 3.05) is 20.1 Å². The second-order valence-electron chi connectivity index (χ2n) is 15.9. The van der Waals surface area contributed by atoms with Gasteiger partial charge in [0.05, 0.1) is 24.8 Å². The van der Waals surface area contributed by atoms with Gasteiger partial charge in [-0.25, -0.2) is 14.7 Å². The number of hydrogen-bond donors (Lipinski definition) is 11. The highest BCUT2D eigenvalue weighted by molar-refractivity contribution is 6.09. The van der Waals surface area contributed by atoms with Gasteiger partial charge in [0.25, 0.3) is 5.91 Å². The minimum atomic E-state index is -1.37. The predicted octanol–water partition coefficient (Wildman–Crippen LogP) is -1.34. The number of carbonyl (C=O) groups excluding carboxylic acids is 8. The van der Waals surface area contributed by atoms with Gasteiger partial charge in [0.1, 0.15) is 30.5 Å². The summed E-state index contributed by atoms with van der Waals surface area (Å²) in [6, 6.07) is 9.14. The standard InChI is InChI=1S/C44H58N14O8/c1-48-33(15-9-17-51-43(46)47)39(62)56-34(19-27-22-52-31-13-6-5-12-30(27)31)40(63)55-32(38(45)61)14-7-8-16-50-37(60)21-35-42(65)58(44(66)57-35)36(20-28-23-49-25-53-28)41(64)54-29(24-59)18-26-10-3-2-4-11-26/h2-6,10-13,22-25,29,32-36,48,52H,7-9,14-21H2,1H3,(H2,45,61)(H,49,53)(H,50,60)(H,54,64)(H,55,63)(H,56,62)(H,57,66)(H4,46,47,51). The van der Waals surface area contributed by atoms with Gasteiger partial charge in [-0.3, -0.25) is 33.8 Å². The number of carbonyl (C=O) groups is 8. The van der Waals surface area contributed by atoms with Crippen molar-refractivity contribution in [3.63, 3.8) is 0 Å². The number of imide groups is 1. The van der Waals surface area contributed by atoms with E-state index in [0.29, 0.717) is 44.2 Å². The molecule has 4 aromatic rings. The van der Waals surface area contributed by atoms with E-state index < -0.39 is 84.1 Å². The first-order chi connectivity index (χ1) is 31.8. The number of aromatic nitrogens is 3. The van der Waals surface area contributed by atoms with Crippen molar-refractivity contribution in [3.8, 4) is 0 Å². The normalized spacial score (nSPS) is 15.7. The maximum atomic E-state index is 13.8. The third-order valence-corrected chi connectivity index (χ3v) is 11.1. The quantitative estimate of drug-likeness (QED) is 0.0109. The molecule has 0 radical (unpaired) electrons. The molecule has 0 saturated carbocycles. The lowest BCUT2D eigenvalue weighted by atomic mass is 10.0. The van der Waals surface area contributed by atoms with E-state index in [0.717, 1.165) is 26.9 Å². The average Bonchev–Trinajstić information content (AvgIpc) is 4.03. The summed E-state index contributed by atoms with van der Waals surface area (Å²) in [5.74, 6) is -4.05. The summed E-state index contributed by atoms with van der Waals surface area (Å²) in [5.41, 5.74) is 19.4. The smallest absolute Gasteiger partial charge is 0.325 e. The average molecular weight is 911 g/mol. The van der Waals surface area contributed by atoms with Gasteiger partial charge in [-0.05, 0) is 62.8 Å². The molecule has 0 spiro atoms. The number of imidazole rings is 1. The number of H-pyrrole nitrogens is 2. The van der Waals surface area contributed by atoms with Gasteiger partial charge in [-0.2, -0.15) is 0 Å². The van der Waals surface area contributed by atoms with Gasteiger partial charge >= 0.3 is 6.03 Å². The molecular formula is C44H58N14O8. The Kier molecular flexibility index (Phi) is 18.3. The second-order valence-corrected chi connectivity index (χ2v) is 15.9. The molecule has 1 aliphatic rings. The van der Waals surface area contributed by atoms with Crippen molar-refractivity contribution < 1.29 is 38.4 Å². The summed E-state index contributed by atoms with van der Waals surface area (Å²) in [6.07, 6.45) is 6.51. The molecule has 6 unspecified atom stereocenters. The third-order valence-electron chi connectivity index (χ3n) is 11.1. The maximum absolute atomic E-state index is 13.8. The molecule has 3 heterocycles. The molecule has 8 amide bonds. The predicted molar refractivity (Wildman–Crippen MR) is 243 cm³/mol. The molecule has 1 fully saturated rings. The summed E-state index contributed by atoms with van der Waals surface area (Å²) in [5, 5.41) is 17.2. The van der Waals surface area contributed by atoms with Crippen LogP contribution >= 0.6 is 0 Å². The highest BCUT2D eigenvalue weighted by Gasteiger charge is 2.45.